The average molecular weight is 430 g/mol. The minimum Gasteiger partial charge on any atom is -0.494 e. The number of halogens is 1. The van der Waals surface area contributed by atoms with Crippen molar-refractivity contribution in [1.82, 2.24) is 0 Å². The highest BCUT2D eigenvalue weighted by atomic mass is 19.1. The van der Waals surface area contributed by atoms with E-state index in [1.807, 2.05) is 6.92 Å². The topological polar surface area (TPSA) is 94.6 Å². The number of fused-ring (bicyclic) bond motifs is 1. The Kier molecular flexibility index (Phi) is 5.77. The summed E-state index contributed by atoms with van der Waals surface area (Å²) in [5.74, 6) is -0.351. The molecule has 0 aromatic heterocycles. The molecule has 0 amide bonds. The molecule has 0 bridgehead atoms. The van der Waals surface area contributed by atoms with Crippen LogP contribution in [-0.2, 0) is 0 Å². The van der Waals surface area contributed by atoms with Crippen LogP contribution in [0, 0.1) is 17.1 Å². The quantitative estimate of drug-likeness (QED) is 0.467. The molecule has 0 radical (unpaired) electrons. The lowest BCUT2D eigenvalue weighted by molar-refractivity contribution is 0.0734. The van der Waals surface area contributed by atoms with Gasteiger partial charge in [0.2, 0.25) is 5.88 Å². The zero-order valence-electron chi connectivity index (χ0n) is 17.2. The van der Waals surface area contributed by atoms with Crippen molar-refractivity contribution in [3.05, 3.63) is 101 Å². The number of carbonyl (C=O) groups is 1. The summed E-state index contributed by atoms with van der Waals surface area (Å²) >= 11 is 0. The van der Waals surface area contributed by atoms with E-state index in [2.05, 4.69) is 6.07 Å². The molecular weight excluding hydrogens is 411 g/mol. The Bertz CT molecular complexity index is 1250. The maximum absolute atomic E-state index is 13.4. The van der Waals surface area contributed by atoms with Gasteiger partial charge in [0.1, 0.15) is 34.7 Å². The van der Waals surface area contributed by atoms with Crippen molar-refractivity contribution in [3.8, 4) is 23.3 Å². The molecule has 4 rings (SSSR count). The van der Waals surface area contributed by atoms with Crippen molar-refractivity contribution >= 4 is 5.97 Å². The van der Waals surface area contributed by atoms with Gasteiger partial charge in [-0.25, -0.2) is 9.18 Å². The Morgan fingerprint density at radius 2 is 1.91 bits per heavy atom. The van der Waals surface area contributed by atoms with Crippen LogP contribution in [0.1, 0.15) is 34.3 Å². The molecule has 160 valence electrons. The molecule has 1 heterocycles. The van der Waals surface area contributed by atoms with Crippen molar-refractivity contribution in [2.45, 2.75) is 12.8 Å². The zero-order chi connectivity index (χ0) is 22.7. The number of benzene rings is 3. The lowest BCUT2D eigenvalue weighted by Gasteiger charge is -2.26. The van der Waals surface area contributed by atoms with Gasteiger partial charge in [-0.1, -0.05) is 24.3 Å². The summed E-state index contributed by atoms with van der Waals surface area (Å²) < 4.78 is 30.0. The van der Waals surface area contributed by atoms with E-state index in [4.69, 9.17) is 19.9 Å². The second kappa shape index (κ2) is 8.82. The minimum absolute atomic E-state index is 0.0535. The van der Waals surface area contributed by atoms with E-state index in [9.17, 15) is 14.4 Å². The first kappa shape index (κ1) is 20.9. The summed E-state index contributed by atoms with van der Waals surface area (Å²) in [5.41, 5.74) is 7.89. The number of hydrogen-bond donors (Lipinski definition) is 1. The first-order chi connectivity index (χ1) is 15.5. The first-order valence-corrected chi connectivity index (χ1v) is 9.92. The second-order valence-corrected chi connectivity index (χ2v) is 7.03. The van der Waals surface area contributed by atoms with Gasteiger partial charge in [-0.15, -0.1) is 0 Å². The number of carbonyl (C=O) groups excluding carboxylic acids is 1. The summed E-state index contributed by atoms with van der Waals surface area (Å²) in [6, 6.07) is 19.5. The highest BCUT2D eigenvalue weighted by molar-refractivity contribution is 5.91. The van der Waals surface area contributed by atoms with E-state index in [1.165, 1.54) is 18.2 Å². The minimum atomic E-state index is -0.557. The van der Waals surface area contributed by atoms with Crippen LogP contribution >= 0.6 is 0 Å². The SMILES string of the molecule is CCOc1cccc(C(=O)Oc2ccc3c(c2)OC(N)=C(C#N)C3c2ccc(F)cc2)c1. The van der Waals surface area contributed by atoms with Crippen molar-refractivity contribution < 1.29 is 23.4 Å². The third kappa shape index (κ3) is 4.12. The summed E-state index contributed by atoms with van der Waals surface area (Å²) in [6.07, 6.45) is 0. The second-order valence-electron chi connectivity index (χ2n) is 7.03. The monoisotopic (exact) mass is 430 g/mol. The molecule has 3 aromatic rings. The Morgan fingerprint density at radius 3 is 2.62 bits per heavy atom. The number of nitrogens with zero attached hydrogens (tertiary/aromatic N) is 1. The molecule has 1 aliphatic rings. The van der Waals surface area contributed by atoms with Gasteiger partial charge in [0.05, 0.1) is 18.1 Å². The molecule has 1 aliphatic heterocycles. The number of ether oxygens (including phenoxy) is 3. The number of nitriles is 1. The third-order valence-corrected chi connectivity index (χ3v) is 4.99. The van der Waals surface area contributed by atoms with Crippen LogP contribution in [0.15, 0.2) is 78.2 Å². The van der Waals surface area contributed by atoms with Gasteiger partial charge in [0, 0.05) is 11.6 Å². The number of esters is 1. The zero-order valence-corrected chi connectivity index (χ0v) is 17.2. The maximum atomic E-state index is 13.4. The van der Waals surface area contributed by atoms with Gasteiger partial charge in [-0.3, -0.25) is 0 Å². The van der Waals surface area contributed by atoms with E-state index < -0.39 is 11.9 Å². The van der Waals surface area contributed by atoms with Crippen LogP contribution in [-0.4, -0.2) is 12.6 Å². The molecule has 0 aliphatic carbocycles. The first-order valence-electron chi connectivity index (χ1n) is 9.92. The van der Waals surface area contributed by atoms with E-state index in [0.29, 0.717) is 34.8 Å². The average Bonchev–Trinajstić information content (AvgIpc) is 2.79. The lowest BCUT2D eigenvalue weighted by Crippen LogP contribution is -2.21. The fourth-order valence-corrected chi connectivity index (χ4v) is 3.54. The van der Waals surface area contributed by atoms with Gasteiger partial charge in [0.25, 0.3) is 0 Å². The number of allylic oxidation sites excluding steroid dienone is 1. The van der Waals surface area contributed by atoms with Gasteiger partial charge in [0.15, 0.2) is 0 Å². The summed E-state index contributed by atoms with van der Waals surface area (Å²) in [5, 5.41) is 9.61. The largest absolute Gasteiger partial charge is 0.494 e. The predicted molar refractivity (Wildman–Crippen MR) is 115 cm³/mol. The molecule has 32 heavy (non-hydrogen) atoms. The fourth-order valence-electron chi connectivity index (χ4n) is 3.54. The standard InChI is InChI=1S/C25H19FN2O4/c1-2-30-18-5-3-4-16(12-18)25(29)31-19-10-11-20-22(13-19)32-24(28)21(14-27)23(20)15-6-8-17(26)9-7-15/h3-13,23H,2,28H2,1H3. The molecule has 0 spiro atoms. The van der Waals surface area contributed by atoms with Crippen LogP contribution in [0.2, 0.25) is 0 Å². The Labute approximate surface area is 184 Å². The molecule has 1 atom stereocenters. The lowest BCUT2D eigenvalue weighted by atomic mass is 9.83. The van der Waals surface area contributed by atoms with Crippen LogP contribution in [0.3, 0.4) is 0 Å². The number of rotatable bonds is 5. The Hall–Kier alpha value is -4.31. The van der Waals surface area contributed by atoms with E-state index >= 15 is 0 Å². The highest BCUT2D eigenvalue weighted by Gasteiger charge is 2.31. The molecular formula is C25H19FN2O4. The van der Waals surface area contributed by atoms with Crippen molar-refractivity contribution in [1.29, 1.82) is 5.26 Å². The molecule has 0 saturated heterocycles. The molecule has 0 saturated carbocycles. The van der Waals surface area contributed by atoms with E-state index in [1.54, 1.807) is 48.5 Å². The molecule has 2 N–H and O–H groups in total. The fraction of sp³-hybridized carbons (Fsp3) is 0.120. The van der Waals surface area contributed by atoms with Gasteiger partial charge in [-0.2, -0.15) is 5.26 Å². The van der Waals surface area contributed by atoms with Crippen molar-refractivity contribution in [2.24, 2.45) is 5.73 Å². The van der Waals surface area contributed by atoms with E-state index in [0.717, 1.165) is 0 Å². The number of nitrogens with two attached hydrogens (primary N) is 1. The smallest absolute Gasteiger partial charge is 0.343 e. The van der Waals surface area contributed by atoms with E-state index in [-0.39, 0.29) is 23.0 Å². The van der Waals surface area contributed by atoms with Crippen LogP contribution in [0.25, 0.3) is 0 Å². The summed E-state index contributed by atoms with van der Waals surface area (Å²) in [6.45, 7) is 2.34. The van der Waals surface area contributed by atoms with Crippen LogP contribution < -0.4 is 19.9 Å². The summed E-state index contributed by atoms with van der Waals surface area (Å²) in [4.78, 5) is 12.6. The molecule has 1 unspecified atom stereocenters. The molecule has 3 aromatic carbocycles. The van der Waals surface area contributed by atoms with Crippen molar-refractivity contribution in [2.75, 3.05) is 6.61 Å². The summed E-state index contributed by atoms with van der Waals surface area (Å²) in [7, 11) is 0. The number of hydrogen-bond acceptors (Lipinski definition) is 6. The third-order valence-electron chi connectivity index (χ3n) is 4.99. The molecule has 6 nitrogen and oxygen atoms in total. The Morgan fingerprint density at radius 1 is 1.12 bits per heavy atom. The van der Waals surface area contributed by atoms with Gasteiger partial charge < -0.3 is 19.9 Å². The van der Waals surface area contributed by atoms with Crippen LogP contribution in [0.5, 0.6) is 17.2 Å². The maximum Gasteiger partial charge on any atom is 0.343 e. The van der Waals surface area contributed by atoms with Crippen molar-refractivity contribution in [3.63, 3.8) is 0 Å². The normalized spacial score (nSPS) is 14.7. The van der Waals surface area contributed by atoms with Gasteiger partial charge in [-0.05, 0) is 48.9 Å². The highest BCUT2D eigenvalue weighted by Crippen LogP contribution is 2.43. The Balaban J connectivity index is 1.64. The van der Waals surface area contributed by atoms with Gasteiger partial charge >= 0.3 is 5.97 Å². The molecule has 0 fully saturated rings. The van der Waals surface area contributed by atoms with Crippen LogP contribution in [0.4, 0.5) is 4.39 Å². The predicted octanol–water partition coefficient (Wildman–Crippen LogP) is 4.66. The molecule has 7 heteroatoms.